The van der Waals surface area contributed by atoms with Gasteiger partial charge in [-0.1, -0.05) is 13.8 Å². The minimum absolute atomic E-state index is 0.00833. The van der Waals surface area contributed by atoms with E-state index in [-0.39, 0.29) is 17.6 Å². The summed E-state index contributed by atoms with van der Waals surface area (Å²) in [6, 6.07) is 0. The van der Waals surface area contributed by atoms with Gasteiger partial charge in [0.05, 0.1) is 17.9 Å². The number of hydrogen-bond acceptors (Lipinski definition) is 3. The Morgan fingerprint density at radius 3 is 2.43 bits per heavy atom. The van der Waals surface area contributed by atoms with Gasteiger partial charge in [-0.25, -0.2) is 0 Å². The first-order valence-corrected chi connectivity index (χ1v) is 12.2. The van der Waals surface area contributed by atoms with Crippen LogP contribution < -0.4 is 0 Å². The number of rotatable bonds is 1. The van der Waals surface area contributed by atoms with Crippen LogP contribution in [0.1, 0.15) is 82.2 Å². The summed E-state index contributed by atoms with van der Waals surface area (Å²) >= 11 is 0. The molecule has 0 spiro atoms. The molecule has 1 heterocycles. The highest BCUT2D eigenvalue weighted by atomic mass is 16.3. The van der Waals surface area contributed by atoms with Crippen LogP contribution in [-0.2, 0) is 7.05 Å². The van der Waals surface area contributed by atoms with E-state index in [9.17, 15) is 10.2 Å². The monoisotopic (exact) mass is 412 g/mol. The summed E-state index contributed by atoms with van der Waals surface area (Å²) in [6.07, 6.45) is 11.0. The van der Waals surface area contributed by atoms with Crippen LogP contribution in [0.15, 0.2) is 5.57 Å². The van der Waals surface area contributed by atoms with E-state index in [1.165, 1.54) is 42.5 Å². The third-order valence-corrected chi connectivity index (χ3v) is 10.4. The molecule has 4 aliphatic rings. The predicted molar refractivity (Wildman–Crippen MR) is 120 cm³/mol. The van der Waals surface area contributed by atoms with E-state index < -0.39 is 0 Å². The number of fused-ring (bicyclic) bond motifs is 5. The van der Waals surface area contributed by atoms with Gasteiger partial charge in [-0.2, -0.15) is 5.10 Å². The minimum Gasteiger partial charge on any atom is -0.393 e. The molecular weight excluding hydrogens is 372 g/mol. The van der Waals surface area contributed by atoms with Gasteiger partial charge in [-0.05, 0) is 106 Å². The average molecular weight is 413 g/mol. The molecule has 166 valence electrons. The molecule has 0 aliphatic heterocycles. The fourth-order valence-corrected chi connectivity index (χ4v) is 8.42. The second-order valence-corrected chi connectivity index (χ2v) is 11.7. The lowest BCUT2D eigenvalue weighted by Gasteiger charge is -2.60. The number of hydrogen-bond donors (Lipinski definition) is 2. The van der Waals surface area contributed by atoms with Gasteiger partial charge in [0.15, 0.2) is 0 Å². The molecule has 8 atom stereocenters. The number of nitrogens with zero attached hydrogens (tertiary/aromatic N) is 2. The second-order valence-electron chi connectivity index (χ2n) is 11.7. The Morgan fingerprint density at radius 1 is 1.00 bits per heavy atom. The van der Waals surface area contributed by atoms with E-state index in [2.05, 4.69) is 38.9 Å². The summed E-state index contributed by atoms with van der Waals surface area (Å²) in [4.78, 5) is 0. The molecule has 5 rings (SSSR count). The molecule has 4 nitrogen and oxygen atoms in total. The molecule has 0 aromatic carbocycles. The van der Waals surface area contributed by atoms with Crippen molar-refractivity contribution in [3.8, 4) is 0 Å². The maximum atomic E-state index is 11.5. The van der Waals surface area contributed by atoms with Crippen molar-refractivity contribution in [2.24, 2.45) is 41.5 Å². The highest BCUT2D eigenvalue weighted by Crippen LogP contribution is 2.67. The fraction of sp³-hybridized carbons (Fsp3) is 0.808. The number of aliphatic hydroxyl groups excluding tert-OH is 2. The van der Waals surface area contributed by atoms with Crippen molar-refractivity contribution in [1.82, 2.24) is 9.78 Å². The maximum Gasteiger partial charge on any atom is 0.0809 e. The van der Waals surface area contributed by atoms with Crippen molar-refractivity contribution in [3.63, 3.8) is 0 Å². The van der Waals surface area contributed by atoms with E-state index in [0.29, 0.717) is 17.3 Å². The van der Waals surface area contributed by atoms with E-state index in [4.69, 9.17) is 0 Å². The van der Waals surface area contributed by atoms with Crippen LogP contribution in [0.2, 0.25) is 0 Å². The van der Waals surface area contributed by atoms with E-state index in [0.717, 1.165) is 43.2 Å². The summed E-state index contributed by atoms with van der Waals surface area (Å²) in [5.41, 5.74) is 5.06. The number of aryl methyl sites for hydroxylation is 2. The summed E-state index contributed by atoms with van der Waals surface area (Å²) in [5.74, 6) is 2.75. The molecule has 30 heavy (non-hydrogen) atoms. The van der Waals surface area contributed by atoms with Gasteiger partial charge >= 0.3 is 0 Å². The highest BCUT2D eigenvalue weighted by Gasteiger charge is 2.61. The van der Waals surface area contributed by atoms with Crippen LogP contribution in [-0.4, -0.2) is 32.2 Å². The molecule has 0 amide bonds. The molecule has 4 fully saturated rings. The van der Waals surface area contributed by atoms with Crippen LogP contribution in [0.3, 0.4) is 0 Å². The van der Waals surface area contributed by atoms with Crippen LogP contribution in [0.25, 0.3) is 6.08 Å². The lowest BCUT2D eigenvalue weighted by molar-refractivity contribution is -0.133. The lowest BCUT2D eigenvalue weighted by Crippen LogP contribution is -2.54. The Labute approximate surface area is 181 Å². The Morgan fingerprint density at radius 2 is 1.73 bits per heavy atom. The summed E-state index contributed by atoms with van der Waals surface area (Å²) in [6.45, 7) is 9.10. The molecular formula is C26H40N2O2. The van der Waals surface area contributed by atoms with E-state index in [1.54, 1.807) is 0 Å². The summed E-state index contributed by atoms with van der Waals surface area (Å²) < 4.78 is 1.95. The highest BCUT2D eigenvalue weighted by molar-refractivity contribution is 5.59. The van der Waals surface area contributed by atoms with Crippen molar-refractivity contribution in [2.75, 3.05) is 0 Å². The van der Waals surface area contributed by atoms with Gasteiger partial charge in [-0.15, -0.1) is 0 Å². The smallest absolute Gasteiger partial charge is 0.0809 e. The molecule has 4 saturated carbocycles. The largest absolute Gasteiger partial charge is 0.393 e. The fourth-order valence-electron chi connectivity index (χ4n) is 8.42. The van der Waals surface area contributed by atoms with Gasteiger partial charge in [0.2, 0.25) is 0 Å². The average Bonchev–Trinajstić information content (AvgIpc) is 3.10. The number of aliphatic hydroxyl groups is 2. The van der Waals surface area contributed by atoms with Crippen LogP contribution in [0.4, 0.5) is 0 Å². The van der Waals surface area contributed by atoms with Crippen molar-refractivity contribution >= 4 is 6.08 Å². The zero-order valence-electron chi connectivity index (χ0n) is 19.5. The molecule has 0 radical (unpaired) electrons. The molecule has 1 aromatic rings. The quantitative estimate of drug-likeness (QED) is 0.697. The minimum atomic E-state index is -0.332. The van der Waals surface area contributed by atoms with Crippen LogP contribution in [0.5, 0.6) is 0 Å². The molecule has 4 aliphatic carbocycles. The first-order valence-electron chi connectivity index (χ1n) is 12.2. The Bertz CT molecular complexity index is 873. The Kier molecular flexibility index (Phi) is 4.80. The van der Waals surface area contributed by atoms with Crippen molar-refractivity contribution < 1.29 is 10.2 Å². The first kappa shape index (κ1) is 20.8. The zero-order valence-corrected chi connectivity index (χ0v) is 19.5. The van der Waals surface area contributed by atoms with Gasteiger partial charge in [0, 0.05) is 23.7 Å². The summed E-state index contributed by atoms with van der Waals surface area (Å²) in [5, 5.41) is 26.3. The molecule has 1 aromatic heterocycles. The van der Waals surface area contributed by atoms with Crippen molar-refractivity contribution in [1.29, 1.82) is 0 Å². The third-order valence-electron chi connectivity index (χ3n) is 10.4. The van der Waals surface area contributed by atoms with Gasteiger partial charge in [0.1, 0.15) is 0 Å². The normalized spacial score (nSPS) is 47.1. The van der Waals surface area contributed by atoms with E-state index >= 15 is 0 Å². The zero-order chi connectivity index (χ0) is 21.4. The maximum absolute atomic E-state index is 11.5. The predicted octanol–water partition coefficient (Wildman–Crippen LogP) is 4.79. The number of aromatic nitrogens is 2. The van der Waals surface area contributed by atoms with Crippen molar-refractivity contribution in [2.45, 2.75) is 91.3 Å². The molecule has 2 N–H and O–H groups in total. The van der Waals surface area contributed by atoms with Crippen LogP contribution in [0, 0.1) is 48.3 Å². The molecule has 0 bridgehead atoms. The van der Waals surface area contributed by atoms with Crippen molar-refractivity contribution in [3.05, 3.63) is 22.5 Å². The standard InChI is InChI=1S/C26H40N2O2/c1-15-21(16(2)28(5)27-15)12-17-13-23-20-7-6-18-14-19(29)8-10-25(18,3)22(20)9-11-26(23,4)24(17)30/h12,18-20,22-24,29-30H,6-11,13-14H2,1-5H3/b17-12-/t18-,19+,20-,22+,23+,24-,25+,26+/m1/s1. The van der Waals surface area contributed by atoms with Gasteiger partial charge in [0.25, 0.3) is 0 Å². The second kappa shape index (κ2) is 6.93. The lowest BCUT2D eigenvalue weighted by atomic mass is 9.45. The Balaban J connectivity index is 1.46. The first-order chi connectivity index (χ1) is 14.1. The summed E-state index contributed by atoms with van der Waals surface area (Å²) in [7, 11) is 2.00. The van der Waals surface area contributed by atoms with Gasteiger partial charge in [-0.3, -0.25) is 4.68 Å². The molecule has 4 heteroatoms. The van der Waals surface area contributed by atoms with Crippen LogP contribution >= 0.6 is 0 Å². The topological polar surface area (TPSA) is 58.3 Å². The molecule has 0 unspecified atom stereocenters. The third kappa shape index (κ3) is 2.82. The SMILES string of the molecule is Cc1nn(C)c(C)c1/C=C1/C[C@H]2[C@@H]3CC[C@@H]4C[C@@H](O)CC[C@]4(C)[C@H]3CC[C@]2(C)[C@@H]1O. The van der Waals surface area contributed by atoms with E-state index in [1.807, 2.05) is 11.7 Å². The van der Waals surface area contributed by atoms with Gasteiger partial charge < -0.3 is 10.2 Å². The Hall–Kier alpha value is -1.13. The molecule has 0 saturated heterocycles.